The molecule has 1 heterocycles. The Morgan fingerprint density at radius 2 is 1.95 bits per heavy atom. The molecule has 1 aromatic rings. The van der Waals surface area contributed by atoms with Crippen LogP contribution >= 0.6 is 0 Å². The topological polar surface area (TPSA) is 32.3 Å². The molecule has 21 heavy (non-hydrogen) atoms. The number of benzene rings is 1. The molecule has 1 amide bonds. The minimum atomic E-state index is -4.33. The Morgan fingerprint density at radius 1 is 1.29 bits per heavy atom. The number of nitrogens with one attached hydrogen (secondary N) is 1. The van der Waals surface area contributed by atoms with Crippen molar-refractivity contribution in [1.82, 2.24) is 10.2 Å². The summed E-state index contributed by atoms with van der Waals surface area (Å²) in [5.74, 6) is -0.00500. The first-order valence-electron chi connectivity index (χ1n) is 7.02. The normalized spacial score (nSPS) is 19.3. The zero-order valence-corrected chi connectivity index (χ0v) is 11.9. The first-order chi connectivity index (χ1) is 9.88. The quantitative estimate of drug-likeness (QED) is 0.931. The first-order valence-corrected chi connectivity index (χ1v) is 7.02. The maximum Gasteiger partial charge on any atom is 0.416 e. The van der Waals surface area contributed by atoms with Gasteiger partial charge in [-0.05, 0) is 37.1 Å². The Morgan fingerprint density at radius 3 is 2.48 bits per heavy atom. The highest BCUT2D eigenvalue weighted by molar-refractivity contribution is 5.81. The second-order valence-corrected chi connectivity index (χ2v) is 5.39. The van der Waals surface area contributed by atoms with Gasteiger partial charge in [-0.15, -0.1) is 0 Å². The summed E-state index contributed by atoms with van der Waals surface area (Å²) in [5, 5.41) is 3.17. The van der Waals surface area contributed by atoms with Crippen molar-refractivity contribution < 1.29 is 18.0 Å². The molecule has 0 aliphatic carbocycles. The van der Waals surface area contributed by atoms with Crippen LogP contribution in [-0.4, -0.2) is 30.4 Å². The van der Waals surface area contributed by atoms with Crippen LogP contribution in [0.3, 0.4) is 0 Å². The van der Waals surface area contributed by atoms with Gasteiger partial charge in [0.25, 0.3) is 0 Å². The summed E-state index contributed by atoms with van der Waals surface area (Å²) in [6.45, 7) is 1.15. The summed E-state index contributed by atoms with van der Waals surface area (Å²) in [6.07, 6.45) is -1.41. The van der Waals surface area contributed by atoms with Gasteiger partial charge < -0.3 is 10.2 Å². The number of carbonyl (C=O) groups excluding carboxylic acids is 1. The maximum atomic E-state index is 12.5. The highest BCUT2D eigenvalue weighted by Gasteiger charge is 2.30. The van der Waals surface area contributed by atoms with Gasteiger partial charge in [0.2, 0.25) is 5.91 Å². The molecule has 6 heteroatoms. The molecule has 1 saturated heterocycles. The lowest BCUT2D eigenvalue weighted by atomic mass is 10.0. The molecule has 1 fully saturated rings. The number of halogens is 3. The number of hydrogen-bond acceptors (Lipinski definition) is 2. The van der Waals surface area contributed by atoms with E-state index in [2.05, 4.69) is 5.32 Å². The SMILES string of the molecule is CN(Cc1ccc(C(F)(F)F)cc1)C(=O)C1CCCCN1. The molecule has 1 aliphatic rings. The third kappa shape index (κ3) is 4.20. The second-order valence-electron chi connectivity index (χ2n) is 5.39. The van der Waals surface area contributed by atoms with Gasteiger partial charge in [0.1, 0.15) is 0 Å². The van der Waals surface area contributed by atoms with Crippen molar-refractivity contribution in [3.8, 4) is 0 Å². The van der Waals surface area contributed by atoms with Crippen LogP contribution in [0.2, 0.25) is 0 Å². The van der Waals surface area contributed by atoms with Crippen molar-refractivity contribution in [2.75, 3.05) is 13.6 Å². The van der Waals surface area contributed by atoms with Crippen LogP contribution in [0.15, 0.2) is 24.3 Å². The fraction of sp³-hybridized carbons (Fsp3) is 0.533. The molecule has 0 bridgehead atoms. The Balaban J connectivity index is 1.95. The summed E-state index contributed by atoms with van der Waals surface area (Å²) in [5.41, 5.74) is 0.0174. The van der Waals surface area contributed by atoms with Crippen molar-refractivity contribution in [3.63, 3.8) is 0 Å². The van der Waals surface area contributed by atoms with E-state index in [0.717, 1.165) is 37.9 Å². The number of carbonyl (C=O) groups is 1. The van der Waals surface area contributed by atoms with E-state index in [0.29, 0.717) is 12.1 Å². The van der Waals surface area contributed by atoms with E-state index in [1.807, 2.05) is 0 Å². The molecule has 2 rings (SSSR count). The summed E-state index contributed by atoms with van der Waals surface area (Å²) in [7, 11) is 1.68. The van der Waals surface area contributed by atoms with Gasteiger partial charge in [-0.3, -0.25) is 4.79 Å². The largest absolute Gasteiger partial charge is 0.416 e. The number of alkyl halides is 3. The first kappa shape index (κ1) is 15.8. The van der Waals surface area contributed by atoms with Gasteiger partial charge in [-0.1, -0.05) is 18.6 Å². The highest BCUT2D eigenvalue weighted by Crippen LogP contribution is 2.29. The van der Waals surface area contributed by atoms with Crippen LogP contribution in [0.25, 0.3) is 0 Å². The summed E-state index contributed by atoms with van der Waals surface area (Å²) < 4.78 is 37.4. The molecule has 1 N–H and O–H groups in total. The smallest absolute Gasteiger partial charge is 0.340 e. The van der Waals surface area contributed by atoms with Crippen molar-refractivity contribution in [2.24, 2.45) is 0 Å². The summed E-state index contributed by atoms with van der Waals surface area (Å²) >= 11 is 0. The van der Waals surface area contributed by atoms with Gasteiger partial charge in [-0.2, -0.15) is 13.2 Å². The molecule has 1 unspecified atom stereocenters. The average molecular weight is 300 g/mol. The third-order valence-corrected chi connectivity index (χ3v) is 3.69. The summed E-state index contributed by atoms with van der Waals surface area (Å²) in [6, 6.07) is 4.76. The molecule has 116 valence electrons. The lowest BCUT2D eigenvalue weighted by Gasteiger charge is -2.27. The molecule has 1 aliphatic heterocycles. The lowest BCUT2D eigenvalue weighted by molar-refractivity contribution is -0.137. The minimum absolute atomic E-state index is 0.00500. The second kappa shape index (κ2) is 6.47. The Hall–Kier alpha value is -1.56. The van der Waals surface area contributed by atoms with Gasteiger partial charge in [0.05, 0.1) is 11.6 Å². The third-order valence-electron chi connectivity index (χ3n) is 3.69. The van der Waals surface area contributed by atoms with E-state index in [4.69, 9.17) is 0 Å². The average Bonchev–Trinajstić information content (AvgIpc) is 2.47. The van der Waals surface area contributed by atoms with Crippen molar-refractivity contribution in [1.29, 1.82) is 0 Å². The molecule has 1 aromatic carbocycles. The number of amides is 1. The predicted molar refractivity (Wildman–Crippen MR) is 73.6 cm³/mol. The molecular weight excluding hydrogens is 281 g/mol. The van der Waals surface area contributed by atoms with E-state index >= 15 is 0 Å². The van der Waals surface area contributed by atoms with Crippen LogP contribution in [-0.2, 0) is 17.5 Å². The highest BCUT2D eigenvalue weighted by atomic mass is 19.4. The van der Waals surface area contributed by atoms with Crippen LogP contribution in [0.4, 0.5) is 13.2 Å². The number of piperidine rings is 1. The van der Waals surface area contributed by atoms with Gasteiger partial charge in [-0.25, -0.2) is 0 Å². The Kier molecular flexibility index (Phi) is 4.88. The van der Waals surface area contributed by atoms with Crippen LogP contribution in [0.5, 0.6) is 0 Å². The van der Waals surface area contributed by atoms with Gasteiger partial charge in [0, 0.05) is 13.6 Å². The van der Waals surface area contributed by atoms with Crippen molar-refractivity contribution in [2.45, 2.75) is 38.0 Å². The molecule has 3 nitrogen and oxygen atoms in total. The predicted octanol–water partition coefficient (Wildman–Crippen LogP) is 2.81. The maximum absolute atomic E-state index is 12.5. The van der Waals surface area contributed by atoms with Crippen LogP contribution in [0.1, 0.15) is 30.4 Å². The Labute approximate surface area is 122 Å². The fourth-order valence-electron chi connectivity index (χ4n) is 2.48. The zero-order chi connectivity index (χ0) is 15.5. The van der Waals surface area contributed by atoms with Crippen molar-refractivity contribution >= 4 is 5.91 Å². The van der Waals surface area contributed by atoms with Crippen molar-refractivity contribution in [3.05, 3.63) is 35.4 Å². The number of rotatable bonds is 3. The monoisotopic (exact) mass is 300 g/mol. The molecule has 0 radical (unpaired) electrons. The lowest BCUT2D eigenvalue weighted by Crippen LogP contribution is -2.46. The van der Waals surface area contributed by atoms with E-state index in [1.165, 1.54) is 12.1 Å². The van der Waals surface area contributed by atoms with E-state index < -0.39 is 11.7 Å². The molecular formula is C15H19F3N2O. The summed E-state index contributed by atoms with van der Waals surface area (Å²) in [4.78, 5) is 13.8. The number of likely N-dealkylation sites (N-methyl/N-ethyl adjacent to an activating group) is 1. The number of nitrogens with zero attached hydrogens (tertiary/aromatic N) is 1. The molecule has 0 spiro atoms. The van der Waals surface area contributed by atoms with Crippen LogP contribution < -0.4 is 5.32 Å². The van der Waals surface area contributed by atoms with E-state index in [-0.39, 0.29) is 11.9 Å². The Bertz CT molecular complexity index is 479. The fourth-order valence-corrected chi connectivity index (χ4v) is 2.48. The van der Waals surface area contributed by atoms with E-state index in [9.17, 15) is 18.0 Å². The van der Waals surface area contributed by atoms with Crippen LogP contribution in [0, 0.1) is 0 Å². The zero-order valence-electron chi connectivity index (χ0n) is 11.9. The molecule has 0 aromatic heterocycles. The van der Waals surface area contributed by atoms with E-state index in [1.54, 1.807) is 11.9 Å². The minimum Gasteiger partial charge on any atom is -0.340 e. The standard InChI is InChI=1S/C15H19F3N2O/c1-20(14(21)13-4-2-3-9-19-13)10-11-5-7-12(8-6-11)15(16,17)18/h5-8,13,19H,2-4,9-10H2,1H3. The number of hydrogen-bond donors (Lipinski definition) is 1. The van der Waals surface area contributed by atoms with Gasteiger partial charge >= 0.3 is 6.18 Å². The molecule has 1 atom stereocenters. The molecule has 0 saturated carbocycles. The van der Waals surface area contributed by atoms with Gasteiger partial charge in [0.15, 0.2) is 0 Å².